The molecule has 0 bridgehead atoms. The van der Waals surface area contributed by atoms with E-state index in [4.69, 9.17) is 4.74 Å². The number of guanidine groups is 1. The molecule has 0 aliphatic rings. The first-order valence-corrected chi connectivity index (χ1v) is 9.44. The zero-order valence-corrected chi connectivity index (χ0v) is 16.9. The van der Waals surface area contributed by atoms with Gasteiger partial charge in [0.15, 0.2) is 5.96 Å². The van der Waals surface area contributed by atoms with Crippen LogP contribution in [0.1, 0.15) is 45.5 Å². The summed E-state index contributed by atoms with van der Waals surface area (Å²) in [6, 6.07) is 3.91. The molecule has 1 unspecified atom stereocenters. The van der Waals surface area contributed by atoms with Crippen molar-refractivity contribution in [1.82, 2.24) is 30.4 Å². The zero-order chi connectivity index (χ0) is 19.6. The summed E-state index contributed by atoms with van der Waals surface area (Å²) in [6.45, 7) is 10.4. The Hall–Kier alpha value is -2.64. The molecule has 0 saturated heterocycles. The van der Waals surface area contributed by atoms with E-state index in [1.165, 1.54) is 0 Å². The third kappa shape index (κ3) is 7.24. The lowest BCUT2D eigenvalue weighted by Crippen LogP contribution is -2.37. The first kappa shape index (κ1) is 20.7. The van der Waals surface area contributed by atoms with Gasteiger partial charge in [-0.15, -0.1) is 0 Å². The highest BCUT2D eigenvalue weighted by atomic mass is 16.5. The molecule has 2 rings (SSSR count). The van der Waals surface area contributed by atoms with Crippen LogP contribution in [0.2, 0.25) is 0 Å². The molecule has 148 valence electrons. The quantitative estimate of drug-likeness (QED) is 0.518. The van der Waals surface area contributed by atoms with Crippen molar-refractivity contribution < 1.29 is 4.74 Å². The average molecular weight is 374 g/mol. The van der Waals surface area contributed by atoms with Gasteiger partial charge in [0.25, 0.3) is 0 Å². The summed E-state index contributed by atoms with van der Waals surface area (Å²) in [5.41, 5.74) is 1.05. The van der Waals surface area contributed by atoms with Crippen molar-refractivity contribution in [2.75, 3.05) is 6.54 Å². The molecule has 0 aromatic carbocycles. The van der Waals surface area contributed by atoms with Crippen molar-refractivity contribution in [3.63, 3.8) is 0 Å². The van der Waals surface area contributed by atoms with Crippen molar-refractivity contribution in [2.45, 2.75) is 53.3 Å². The summed E-state index contributed by atoms with van der Waals surface area (Å²) in [5.74, 6) is 2.82. The smallest absolute Gasteiger partial charge is 0.213 e. The monoisotopic (exact) mass is 373 g/mol. The minimum atomic E-state index is 0.140. The molecule has 0 fully saturated rings. The van der Waals surface area contributed by atoms with Crippen molar-refractivity contribution in [2.24, 2.45) is 18.0 Å². The maximum absolute atomic E-state index is 5.92. The molecule has 0 amide bonds. The topological polar surface area (TPSA) is 89.2 Å². The van der Waals surface area contributed by atoms with Crippen LogP contribution in [-0.2, 0) is 20.1 Å². The van der Waals surface area contributed by atoms with Gasteiger partial charge < -0.3 is 15.4 Å². The summed E-state index contributed by atoms with van der Waals surface area (Å²) in [4.78, 5) is 13.2. The minimum absolute atomic E-state index is 0.140. The van der Waals surface area contributed by atoms with E-state index in [1.807, 2.05) is 26.1 Å². The van der Waals surface area contributed by atoms with Gasteiger partial charge >= 0.3 is 0 Å². The van der Waals surface area contributed by atoms with Gasteiger partial charge in [0.05, 0.1) is 19.2 Å². The van der Waals surface area contributed by atoms with Crippen LogP contribution < -0.4 is 15.4 Å². The second-order valence-electron chi connectivity index (χ2n) is 6.91. The maximum Gasteiger partial charge on any atom is 0.213 e. The van der Waals surface area contributed by atoms with Crippen LogP contribution >= 0.6 is 0 Å². The van der Waals surface area contributed by atoms with Gasteiger partial charge in [-0.25, -0.2) is 15.0 Å². The van der Waals surface area contributed by atoms with Gasteiger partial charge in [0.1, 0.15) is 12.2 Å². The van der Waals surface area contributed by atoms with E-state index in [0.717, 1.165) is 30.3 Å². The second kappa shape index (κ2) is 10.5. The lowest BCUT2D eigenvalue weighted by Gasteiger charge is -2.16. The van der Waals surface area contributed by atoms with Crippen LogP contribution in [-0.4, -0.2) is 38.4 Å². The van der Waals surface area contributed by atoms with E-state index < -0.39 is 0 Å². The van der Waals surface area contributed by atoms with Gasteiger partial charge in [0.2, 0.25) is 5.88 Å². The van der Waals surface area contributed by atoms with Crippen molar-refractivity contribution in [1.29, 1.82) is 0 Å². The highest BCUT2D eigenvalue weighted by Crippen LogP contribution is 2.15. The third-order valence-corrected chi connectivity index (χ3v) is 3.91. The van der Waals surface area contributed by atoms with Crippen molar-refractivity contribution in [3.8, 4) is 5.88 Å². The first-order valence-electron chi connectivity index (χ1n) is 9.44. The summed E-state index contributed by atoms with van der Waals surface area (Å²) in [6.07, 6.45) is 4.45. The minimum Gasteiger partial charge on any atom is -0.475 e. The highest BCUT2D eigenvalue weighted by molar-refractivity contribution is 5.79. The number of hydrogen-bond donors (Lipinski definition) is 2. The SMILES string of the molecule is CCNC(=NCc1ccnc(OC(C)CC(C)C)c1)NCc1ncnn1C. The maximum atomic E-state index is 5.92. The Morgan fingerprint density at radius 3 is 2.74 bits per heavy atom. The Morgan fingerprint density at radius 2 is 2.07 bits per heavy atom. The molecule has 27 heavy (non-hydrogen) atoms. The molecular weight excluding hydrogens is 342 g/mol. The number of ether oxygens (including phenoxy) is 1. The van der Waals surface area contributed by atoms with Gasteiger partial charge in [-0.1, -0.05) is 13.8 Å². The summed E-state index contributed by atoms with van der Waals surface area (Å²) in [5, 5.41) is 10.6. The molecule has 0 aliphatic carbocycles. The fourth-order valence-corrected chi connectivity index (χ4v) is 2.69. The molecule has 8 heteroatoms. The van der Waals surface area contributed by atoms with Gasteiger partial charge in [-0.05, 0) is 37.8 Å². The molecule has 2 aromatic rings. The summed E-state index contributed by atoms with van der Waals surface area (Å²) in [7, 11) is 1.87. The largest absolute Gasteiger partial charge is 0.475 e. The molecule has 8 nitrogen and oxygen atoms in total. The number of nitrogens with zero attached hydrogens (tertiary/aromatic N) is 5. The van der Waals surface area contributed by atoms with E-state index in [1.54, 1.807) is 17.2 Å². The van der Waals surface area contributed by atoms with E-state index >= 15 is 0 Å². The fraction of sp³-hybridized carbons (Fsp3) is 0.579. The van der Waals surface area contributed by atoms with Crippen molar-refractivity contribution >= 4 is 5.96 Å². The Bertz CT molecular complexity index is 726. The average Bonchev–Trinajstić information content (AvgIpc) is 3.02. The Morgan fingerprint density at radius 1 is 1.26 bits per heavy atom. The Labute approximate surface area is 161 Å². The first-order chi connectivity index (χ1) is 13.0. The molecule has 0 saturated carbocycles. The molecule has 2 N–H and O–H groups in total. The lowest BCUT2D eigenvalue weighted by atomic mass is 10.1. The fourth-order valence-electron chi connectivity index (χ4n) is 2.69. The third-order valence-electron chi connectivity index (χ3n) is 3.91. The van der Waals surface area contributed by atoms with Crippen molar-refractivity contribution in [3.05, 3.63) is 36.0 Å². The summed E-state index contributed by atoms with van der Waals surface area (Å²) >= 11 is 0. The number of aromatic nitrogens is 4. The predicted octanol–water partition coefficient (Wildman–Crippen LogP) is 2.28. The summed E-state index contributed by atoms with van der Waals surface area (Å²) < 4.78 is 7.66. The normalized spacial score (nSPS) is 12.9. The standard InChI is InChI=1S/C19H31N7O/c1-6-20-19(23-12-17-24-13-25-26(17)5)22-11-16-7-8-21-18(10-16)27-15(4)9-14(2)3/h7-8,10,13-15H,6,9,11-12H2,1-5H3,(H2,20,22,23). The lowest BCUT2D eigenvalue weighted by molar-refractivity contribution is 0.185. The molecule has 2 aromatic heterocycles. The molecule has 2 heterocycles. The molecule has 0 radical (unpaired) electrons. The van der Waals surface area contributed by atoms with Crippen LogP contribution in [0.15, 0.2) is 29.6 Å². The number of pyridine rings is 1. The van der Waals surface area contributed by atoms with Gasteiger partial charge in [0, 0.05) is 25.9 Å². The van der Waals surface area contributed by atoms with E-state index in [2.05, 4.69) is 51.5 Å². The van der Waals surface area contributed by atoms with Crippen LogP contribution in [0.5, 0.6) is 5.88 Å². The van der Waals surface area contributed by atoms with E-state index in [0.29, 0.717) is 24.9 Å². The van der Waals surface area contributed by atoms with Crippen LogP contribution in [0.25, 0.3) is 0 Å². The van der Waals surface area contributed by atoms with Crippen LogP contribution in [0.4, 0.5) is 0 Å². The molecule has 1 atom stereocenters. The second-order valence-corrected chi connectivity index (χ2v) is 6.91. The predicted molar refractivity (Wildman–Crippen MR) is 106 cm³/mol. The van der Waals surface area contributed by atoms with Crippen LogP contribution in [0.3, 0.4) is 0 Å². The van der Waals surface area contributed by atoms with Crippen LogP contribution in [0, 0.1) is 5.92 Å². The van der Waals surface area contributed by atoms with E-state index in [9.17, 15) is 0 Å². The van der Waals surface area contributed by atoms with Gasteiger partial charge in [-0.2, -0.15) is 5.10 Å². The molecule has 0 aliphatic heterocycles. The number of aryl methyl sites for hydroxylation is 1. The molecule has 0 spiro atoms. The molecular formula is C19H31N7O. The number of rotatable bonds is 9. The number of aliphatic imine (C=N–C) groups is 1. The zero-order valence-electron chi connectivity index (χ0n) is 16.9. The van der Waals surface area contributed by atoms with Gasteiger partial charge in [-0.3, -0.25) is 4.68 Å². The highest BCUT2D eigenvalue weighted by Gasteiger charge is 2.08. The Balaban J connectivity index is 1.96. The number of hydrogen-bond acceptors (Lipinski definition) is 5. The van der Waals surface area contributed by atoms with E-state index in [-0.39, 0.29) is 6.10 Å². The Kier molecular flexibility index (Phi) is 8.03. The number of nitrogens with one attached hydrogen (secondary N) is 2.